The molecule has 1 aliphatic rings. The van der Waals surface area contributed by atoms with E-state index in [9.17, 15) is 5.11 Å². The van der Waals surface area contributed by atoms with Gasteiger partial charge in [-0.3, -0.25) is 0 Å². The molecule has 1 aromatic carbocycles. The molecule has 0 heterocycles. The molecule has 0 fully saturated rings. The lowest BCUT2D eigenvalue weighted by Crippen LogP contribution is -2.39. The van der Waals surface area contributed by atoms with Crippen LogP contribution in [0.2, 0.25) is 0 Å². The van der Waals surface area contributed by atoms with Crippen molar-refractivity contribution in [1.82, 2.24) is 0 Å². The molecule has 0 aromatic heterocycles. The van der Waals surface area contributed by atoms with E-state index in [2.05, 4.69) is 61.8 Å². The van der Waals surface area contributed by atoms with Crippen LogP contribution in [-0.4, -0.2) is 11.2 Å². The molecular formula is C13H17BrO. The Balaban J connectivity index is 2.71. The Morgan fingerprint density at radius 1 is 1.07 bits per heavy atom. The third kappa shape index (κ3) is 1.38. The third-order valence-corrected chi connectivity index (χ3v) is 4.23. The zero-order valence-electron chi connectivity index (χ0n) is 9.63. The van der Waals surface area contributed by atoms with Crippen molar-refractivity contribution in [3.63, 3.8) is 0 Å². The molecule has 0 spiro atoms. The summed E-state index contributed by atoms with van der Waals surface area (Å²) in [4.78, 5) is 0. The van der Waals surface area contributed by atoms with Crippen molar-refractivity contribution in [2.75, 3.05) is 0 Å². The fraction of sp³-hybridized carbons (Fsp3) is 0.538. The topological polar surface area (TPSA) is 20.2 Å². The van der Waals surface area contributed by atoms with E-state index in [1.54, 1.807) is 0 Å². The number of aliphatic hydroxyl groups is 1. The molecule has 0 aliphatic heterocycles. The maximum atomic E-state index is 10.4. The second-order valence-corrected chi connectivity index (χ2v) is 6.45. The van der Waals surface area contributed by atoms with Crippen LogP contribution < -0.4 is 0 Å². The monoisotopic (exact) mass is 268 g/mol. The van der Waals surface area contributed by atoms with Gasteiger partial charge in [-0.2, -0.15) is 0 Å². The van der Waals surface area contributed by atoms with E-state index in [-0.39, 0.29) is 16.9 Å². The van der Waals surface area contributed by atoms with Crippen molar-refractivity contribution in [3.05, 3.63) is 33.8 Å². The second kappa shape index (κ2) is 3.08. The molecule has 82 valence electrons. The zero-order valence-corrected chi connectivity index (χ0v) is 11.2. The van der Waals surface area contributed by atoms with Crippen LogP contribution in [0.25, 0.3) is 0 Å². The summed E-state index contributed by atoms with van der Waals surface area (Å²) < 4.78 is 1.08. The van der Waals surface area contributed by atoms with Gasteiger partial charge in [-0.25, -0.2) is 0 Å². The predicted octanol–water partition coefficient (Wildman–Crippen LogP) is 3.38. The molecule has 2 heteroatoms. The number of hydrogen-bond donors (Lipinski definition) is 1. The summed E-state index contributed by atoms with van der Waals surface area (Å²) >= 11 is 3.49. The molecule has 1 nitrogen and oxygen atoms in total. The summed E-state index contributed by atoms with van der Waals surface area (Å²) in [5.74, 6) is 0. The highest BCUT2D eigenvalue weighted by atomic mass is 79.9. The number of rotatable bonds is 0. The first kappa shape index (κ1) is 11.2. The first-order chi connectivity index (χ1) is 6.78. The minimum absolute atomic E-state index is 0.153. The molecule has 1 aliphatic carbocycles. The van der Waals surface area contributed by atoms with Crippen molar-refractivity contribution in [2.24, 2.45) is 0 Å². The first-order valence-electron chi connectivity index (χ1n) is 5.26. The van der Waals surface area contributed by atoms with E-state index in [4.69, 9.17) is 0 Å². The number of benzene rings is 1. The summed E-state index contributed by atoms with van der Waals surface area (Å²) in [6.45, 7) is 8.44. The van der Waals surface area contributed by atoms with Crippen molar-refractivity contribution < 1.29 is 5.11 Å². The lowest BCUT2D eigenvalue weighted by molar-refractivity contribution is 0.0566. The largest absolute Gasteiger partial charge is 0.391 e. The standard InChI is InChI=1S/C13H17BrO/c1-12(2)9-6-5-8(14)7-10(9)13(3,4)11(12)15/h5-7,11,15H,1-4H3. The average Bonchev–Trinajstić information content (AvgIpc) is 2.26. The van der Waals surface area contributed by atoms with Crippen molar-refractivity contribution >= 4 is 15.9 Å². The van der Waals surface area contributed by atoms with Crippen molar-refractivity contribution in [2.45, 2.75) is 44.6 Å². The summed E-state index contributed by atoms with van der Waals surface area (Å²) in [6, 6.07) is 6.30. The molecule has 0 saturated heterocycles. The van der Waals surface area contributed by atoms with Crippen LogP contribution in [0.5, 0.6) is 0 Å². The van der Waals surface area contributed by atoms with Crippen LogP contribution in [0.15, 0.2) is 22.7 Å². The number of halogens is 1. The highest BCUT2D eigenvalue weighted by molar-refractivity contribution is 9.10. The van der Waals surface area contributed by atoms with Gasteiger partial charge in [-0.15, -0.1) is 0 Å². The van der Waals surface area contributed by atoms with Gasteiger partial charge in [0.25, 0.3) is 0 Å². The summed E-state index contributed by atoms with van der Waals surface area (Å²) in [5.41, 5.74) is 2.21. The van der Waals surface area contributed by atoms with Crippen LogP contribution in [0.1, 0.15) is 38.8 Å². The van der Waals surface area contributed by atoms with Gasteiger partial charge < -0.3 is 5.11 Å². The quantitative estimate of drug-likeness (QED) is 0.765. The average molecular weight is 269 g/mol. The number of fused-ring (bicyclic) bond motifs is 1. The summed E-state index contributed by atoms with van der Waals surface area (Å²) in [6.07, 6.45) is -0.325. The fourth-order valence-electron chi connectivity index (χ4n) is 2.81. The van der Waals surface area contributed by atoms with Gasteiger partial charge >= 0.3 is 0 Å². The SMILES string of the molecule is CC1(C)c2ccc(Br)cc2C(C)(C)C1O. The Hall–Kier alpha value is -0.340. The second-order valence-electron chi connectivity index (χ2n) is 5.54. The molecule has 0 amide bonds. The molecule has 0 saturated carbocycles. The Bertz CT molecular complexity index is 407. The van der Waals surface area contributed by atoms with E-state index >= 15 is 0 Å². The number of hydrogen-bond acceptors (Lipinski definition) is 1. The zero-order chi connectivity index (χ0) is 11.4. The molecule has 0 radical (unpaired) electrons. The Morgan fingerprint density at radius 3 is 2.20 bits per heavy atom. The normalized spacial score (nSPS) is 26.4. The van der Waals surface area contributed by atoms with Gasteiger partial charge in [0.1, 0.15) is 0 Å². The molecule has 15 heavy (non-hydrogen) atoms. The Labute approximate surface area is 99.6 Å². The van der Waals surface area contributed by atoms with Crippen LogP contribution >= 0.6 is 15.9 Å². The van der Waals surface area contributed by atoms with E-state index in [0.29, 0.717) is 0 Å². The fourth-order valence-corrected chi connectivity index (χ4v) is 3.17. The molecule has 1 unspecified atom stereocenters. The van der Waals surface area contributed by atoms with Crippen LogP contribution in [-0.2, 0) is 10.8 Å². The van der Waals surface area contributed by atoms with Gasteiger partial charge in [0.2, 0.25) is 0 Å². The van der Waals surface area contributed by atoms with Gasteiger partial charge in [-0.05, 0) is 23.3 Å². The highest BCUT2D eigenvalue weighted by Crippen LogP contribution is 2.49. The third-order valence-electron chi connectivity index (χ3n) is 3.74. The Morgan fingerprint density at radius 2 is 1.60 bits per heavy atom. The molecule has 2 rings (SSSR count). The van der Waals surface area contributed by atoms with Crippen LogP contribution in [0.3, 0.4) is 0 Å². The van der Waals surface area contributed by atoms with E-state index in [0.717, 1.165) is 4.47 Å². The minimum Gasteiger partial charge on any atom is -0.391 e. The maximum absolute atomic E-state index is 10.4. The van der Waals surface area contributed by atoms with Gasteiger partial charge in [0, 0.05) is 15.3 Å². The smallest absolute Gasteiger partial charge is 0.0722 e. The molecular weight excluding hydrogens is 252 g/mol. The van der Waals surface area contributed by atoms with E-state index in [1.807, 2.05) is 0 Å². The van der Waals surface area contributed by atoms with E-state index < -0.39 is 0 Å². The predicted molar refractivity (Wildman–Crippen MR) is 66.2 cm³/mol. The molecule has 1 N–H and O–H groups in total. The summed E-state index contributed by atoms with van der Waals surface area (Å²) in [5, 5.41) is 10.4. The molecule has 1 aromatic rings. The molecule has 1 atom stereocenters. The molecule has 0 bridgehead atoms. The van der Waals surface area contributed by atoms with Gasteiger partial charge in [0.05, 0.1) is 6.10 Å². The minimum atomic E-state index is -0.325. The lowest BCUT2D eigenvalue weighted by atomic mass is 9.78. The maximum Gasteiger partial charge on any atom is 0.0722 e. The highest BCUT2D eigenvalue weighted by Gasteiger charge is 2.50. The van der Waals surface area contributed by atoms with Crippen molar-refractivity contribution in [3.8, 4) is 0 Å². The van der Waals surface area contributed by atoms with Crippen LogP contribution in [0, 0.1) is 0 Å². The summed E-state index contributed by atoms with van der Waals surface area (Å²) in [7, 11) is 0. The van der Waals surface area contributed by atoms with Gasteiger partial charge in [-0.1, -0.05) is 49.7 Å². The lowest BCUT2D eigenvalue weighted by Gasteiger charge is -2.31. The number of aliphatic hydroxyl groups excluding tert-OH is 1. The Kier molecular flexibility index (Phi) is 2.29. The van der Waals surface area contributed by atoms with Crippen molar-refractivity contribution in [1.29, 1.82) is 0 Å². The first-order valence-corrected chi connectivity index (χ1v) is 6.06. The van der Waals surface area contributed by atoms with Crippen LogP contribution in [0.4, 0.5) is 0 Å². The van der Waals surface area contributed by atoms with Gasteiger partial charge in [0.15, 0.2) is 0 Å². The van der Waals surface area contributed by atoms with E-state index in [1.165, 1.54) is 11.1 Å².